The Morgan fingerprint density at radius 1 is 0.974 bits per heavy atom. The second-order valence-corrected chi connectivity index (χ2v) is 8.32. The van der Waals surface area contributed by atoms with Crippen LogP contribution in [-0.4, -0.2) is 46.4 Å². The van der Waals surface area contributed by atoms with Crippen LogP contribution < -0.4 is 32.7 Å². The van der Waals surface area contributed by atoms with Gasteiger partial charge in [0.15, 0.2) is 5.03 Å². The Balaban J connectivity index is 1.63. The third kappa shape index (κ3) is 8.22. The molecule has 0 unspecified atom stereocenters. The standard InChI is InChI=1S/C24H29N9O5/c25-23(32-33(37)38)27-11-3-6-20(31-21(34)18-14-28-19-5-2-1-4-17(18)19)22(35)29-12-15-7-9-16(10-8-15)13-30-24(26)36/h1-2,4-5,7-10,14,20,28H,3,6,11-13H2,(H,29,35)(H,31,34)(H3,25,27,32)(H3,26,30,36)/t20-/m1/s1. The first-order valence-corrected chi connectivity index (χ1v) is 11.7. The fourth-order valence-corrected chi connectivity index (χ4v) is 3.69. The van der Waals surface area contributed by atoms with Gasteiger partial charge in [-0.1, -0.05) is 42.5 Å². The highest BCUT2D eigenvalue weighted by Crippen LogP contribution is 2.18. The number of para-hydroxylation sites is 1. The van der Waals surface area contributed by atoms with E-state index in [4.69, 9.17) is 11.5 Å². The molecule has 9 N–H and O–H groups in total. The van der Waals surface area contributed by atoms with Gasteiger partial charge in [0.2, 0.25) is 5.91 Å². The molecule has 0 aliphatic heterocycles. The molecule has 0 saturated heterocycles. The molecule has 0 bridgehead atoms. The minimum atomic E-state index is -0.916. The summed E-state index contributed by atoms with van der Waals surface area (Å²) in [7, 11) is 0. The number of aromatic amines is 1. The number of carbonyl (C=O) groups excluding carboxylic acids is 3. The van der Waals surface area contributed by atoms with E-state index < -0.39 is 28.9 Å². The zero-order chi connectivity index (χ0) is 27.5. The lowest BCUT2D eigenvalue weighted by atomic mass is 10.1. The van der Waals surface area contributed by atoms with Crippen LogP contribution in [0.2, 0.25) is 0 Å². The van der Waals surface area contributed by atoms with E-state index in [9.17, 15) is 24.5 Å². The van der Waals surface area contributed by atoms with Gasteiger partial charge in [0.1, 0.15) is 11.1 Å². The number of urea groups is 1. The molecule has 200 valence electrons. The van der Waals surface area contributed by atoms with Crippen molar-refractivity contribution in [2.75, 3.05) is 6.54 Å². The topological polar surface area (TPSA) is 223 Å². The number of amides is 4. The number of H-pyrrole nitrogens is 1. The van der Waals surface area contributed by atoms with E-state index in [1.807, 2.05) is 18.2 Å². The van der Waals surface area contributed by atoms with Gasteiger partial charge >= 0.3 is 6.03 Å². The summed E-state index contributed by atoms with van der Waals surface area (Å²) in [6, 6.07) is 13.0. The third-order valence-electron chi connectivity index (χ3n) is 5.58. The van der Waals surface area contributed by atoms with Gasteiger partial charge in [-0.05, 0) is 30.0 Å². The number of hydrazone groups is 1. The summed E-state index contributed by atoms with van der Waals surface area (Å²) in [6.07, 6.45) is 2.18. The summed E-state index contributed by atoms with van der Waals surface area (Å²) in [5.74, 6) is -1.17. The molecule has 1 heterocycles. The first-order chi connectivity index (χ1) is 18.2. The number of nitro groups is 1. The van der Waals surface area contributed by atoms with E-state index in [0.717, 1.165) is 22.0 Å². The molecule has 2 aromatic carbocycles. The monoisotopic (exact) mass is 523 g/mol. The summed E-state index contributed by atoms with van der Waals surface area (Å²) < 4.78 is 0. The number of carbonyl (C=O) groups is 3. The number of nitrogens with zero attached hydrogens (tertiary/aromatic N) is 2. The van der Waals surface area contributed by atoms with Gasteiger partial charge in [-0.3, -0.25) is 9.59 Å². The molecule has 14 heteroatoms. The van der Waals surface area contributed by atoms with Crippen molar-refractivity contribution in [1.29, 1.82) is 0 Å². The lowest BCUT2D eigenvalue weighted by Gasteiger charge is -2.19. The maximum atomic E-state index is 13.1. The summed E-state index contributed by atoms with van der Waals surface area (Å²) >= 11 is 0. The Morgan fingerprint density at radius 3 is 2.29 bits per heavy atom. The second-order valence-electron chi connectivity index (χ2n) is 8.32. The molecular formula is C24H29N9O5. The molecule has 0 fully saturated rings. The number of nitrogens with one attached hydrogen (secondary N) is 5. The number of benzene rings is 2. The number of hydrogen-bond donors (Lipinski definition) is 7. The predicted molar refractivity (Wildman–Crippen MR) is 140 cm³/mol. The SMILES string of the molecule is NC(=O)NCc1ccc(CNC(=O)[C@@H](CCCNC(N)=N[N+](=O)[O-])NC(=O)c2c[nH]c3ccccc23)cc1. The molecule has 1 aromatic heterocycles. The molecule has 3 rings (SSSR count). The first kappa shape index (κ1) is 27.4. The average Bonchev–Trinajstić information content (AvgIpc) is 3.32. The van der Waals surface area contributed by atoms with Crippen LogP contribution in [-0.2, 0) is 17.9 Å². The van der Waals surface area contributed by atoms with Crippen LogP contribution in [0, 0.1) is 10.1 Å². The van der Waals surface area contributed by atoms with Crippen LogP contribution in [0.25, 0.3) is 10.9 Å². The predicted octanol–water partition coefficient (Wildman–Crippen LogP) is 0.627. The van der Waals surface area contributed by atoms with Gasteiger partial charge in [0.25, 0.3) is 11.9 Å². The van der Waals surface area contributed by atoms with Crippen molar-refractivity contribution < 1.29 is 19.4 Å². The zero-order valence-electron chi connectivity index (χ0n) is 20.4. The molecule has 1 atom stereocenters. The third-order valence-corrected chi connectivity index (χ3v) is 5.58. The van der Waals surface area contributed by atoms with Crippen LogP contribution in [0.15, 0.2) is 59.8 Å². The van der Waals surface area contributed by atoms with Crippen LogP contribution in [0.3, 0.4) is 0 Å². The molecule has 0 spiro atoms. The van der Waals surface area contributed by atoms with E-state index in [0.29, 0.717) is 12.0 Å². The summed E-state index contributed by atoms with van der Waals surface area (Å²) in [5, 5.41) is 23.9. The summed E-state index contributed by atoms with van der Waals surface area (Å²) in [6.45, 7) is 0.702. The molecule has 0 radical (unpaired) electrons. The van der Waals surface area contributed by atoms with E-state index in [1.165, 1.54) is 0 Å². The van der Waals surface area contributed by atoms with E-state index in [-0.39, 0.29) is 32.0 Å². The molecule has 4 amide bonds. The molecular weight excluding hydrogens is 494 g/mol. The molecule has 14 nitrogen and oxygen atoms in total. The number of rotatable bonds is 12. The maximum absolute atomic E-state index is 13.1. The van der Waals surface area contributed by atoms with Crippen molar-refractivity contribution in [3.63, 3.8) is 0 Å². The van der Waals surface area contributed by atoms with Crippen LogP contribution >= 0.6 is 0 Å². The van der Waals surface area contributed by atoms with Crippen LogP contribution in [0.1, 0.15) is 34.3 Å². The van der Waals surface area contributed by atoms with Crippen molar-refractivity contribution in [1.82, 2.24) is 26.3 Å². The Hall–Kier alpha value is -5.14. The van der Waals surface area contributed by atoms with Gasteiger partial charge < -0.3 is 37.7 Å². The lowest BCUT2D eigenvalue weighted by molar-refractivity contribution is -0.485. The lowest BCUT2D eigenvalue weighted by Crippen LogP contribution is -2.47. The fourth-order valence-electron chi connectivity index (χ4n) is 3.69. The van der Waals surface area contributed by atoms with Crippen molar-refractivity contribution in [2.45, 2.75) is 32.0 Å². The normalized spacial score (nSPS) is 11.9. The summed E-state index contributed by atoms with van der Waals surface area (Å²) in [4.78, 5) is 50.4. The maximum Gasteiger partial charge on any atom is 0.312 e. The van der Waals surface area contributed by atoms with Crippen LogP contribution in [0.5, 0.6) is 0 Å². The van der Waals surface area contributed by atoms with Gasteiger partial charge in [0, 0.05) is 36.7 Å². The Morgan fingerprint density at radius 2 is 1.63 bits per heavy atom. The van der Waals surface area contributed by atoms with Gasteiger partial charge in [-0.25, -0.2) is 14.9 Å². The van der Waals surface area contributed by atoms with Crippen molar-refractivity contribution in [3.8, 4) is 0 Å². The fraction of sp³-hybridized carbons (Fsp3) is 0.250. The minimum absolute atomic E-state index is 0.205. The van der Waals surface area contributed by atoms with E-state index >= 15 is 0 Å². The van der Waals surface area contributed by atoms with Crippen molar-refractivity contribution >= 4 is 34.7 Å². The Kier molecular flexibility index (Phi) is 9.57. The first-order valence-electron chi connectivity index (χ1n) is 11.7. The average molecular weight is 524 g/mol. The number of aromatic nitrogens is 1. The second kappa shape index (κ2) is 13.2. The molecule has 38 heavy (non-hydrogen) atoms. The zero-order valence-corrected chi connectivity index (χ0v) is 20.4. The van der Waals surface area contributed by atoms with Crippen LogP contribution in [0.4, 0.5) is 4.79 Å². The van der Waals surface area contributed by atoms with E-state index in [1.54, 1.807) is 36.5 Å². The van der Waals surface area contributed by atoms with Crippen molar-refractivity contribution in [3.05, 3.63) is 81.5 Å². The van der Waals surface area contributed by atoms with Gasteiger partial charge in [-0.15, -0.1) is 0 Å². The highest BCUT2D eigenvalue weighted by Gasteiger charge is 2.22. The van der Waals surface area contributed by atoms with Gasteiger partial charge in [-0.2, -0.15) is 0 Å². The number of fused-ring (bicyclic) bond motifs is 1. The highest BCUT2D eigenvalue weighted by atomic mass is 16.7. The molecule has 0 saturated carbocycles. The number of hydrogen-bond acceptors (Lipinski definition) is 5. The minimum Gasteiger partial charge on any atom is -0.365 e. The smallest absolute Gasteiger partial charge is 0.312 e. The van der Waals surface area contributed by atoms with E-state index in [2.05, 4.69) is 31.4 Å². The van der Waals surface area contributed by atoms with Crippen molar-refractivity contribution in [2.24, 2.45) is 16.6 Å². The highest BCUT2D eigenvalue weighted by molar-refractivity contribution is 6.07. The van der Waals surface area contributed by atoms with Gasteiger partial charge in [0.05, 0.1) is 5.56 Å². The molecule has 0 aliphatic carbocycles. The molecule has 0 aliphatic rings. The number of guanidine groups is 1. The Bertz CT molecular complexity index is 1320. The largest absolute Gasteiger partial charge is 0.365 e. The number of nitrogens with two attached hydrogens (primary N) is 2. The summed E-state index contributed by atoms with van der Waals surface area (Å²) in [5.41, 5.74) is 13.3. The Labute approximate surface area is 217 Å². The molecule has 3 aromatic rings. The number of primary amides is 1. The quantitative estimate of drug-likeness (QED) is 0.0589.